The lowest BCUT2D eigenvalue weighted by atomic mass is 9.98. The van der Waals surface area contributed by atoms with Gasteiger partial charge < -0.3 is 9.64 Å². The lowest BCUT2D eigenvalue weighted by Gasteiger charge is -2.37. The number of nitro benzene ring substituents is 1. The number of carbonyl (C=O) groups excluding carboxylic acids is 1. The average molecular weight is 449 g/mol. The predicted molar refractivity (Wildman–Crippen MR) is 131 cm³/mol. The molecule has 2 atom stereocenters. The summed E-state index contributed by atoms with van der Waals surface area (Å²) in [5.41, 5.74) is 0.419. The zero-order valence-corrected chi connectivity index (χ0v) is 20.7. The molecule has 0 aromatic heterocycles. The van der Waals surface area contributed by atoms with E-state index in [-0.39, 0.29) is 30.5 Å². The van der Waals surface area contributed by atoms with E-state index >= 15 is 0 Å². The van der Waals surface area contributed by atoms with E-state index in [1.54, 1.807) is 18.2 Å². The zero-order valence-electron chi connectivity index (χ0n) is 20.7. The highest BCUT2D eigenvalue weighted by Crippen LogP contribution is 2.25. The van der Waals surface area contributed by atoms with Gasteiger partial charge in [0.15, 0.2) is 0 Å². The van der Waals surface area contributed by atoms with Crippen LogP contribution in [-0.2, 0) is 11.3 Å². The van der Waals surface area contributed by atoms with E-state index in [0.717, 1.165) is 38.5 Å². The largest absolute Gasteiger partial charge is 0.444 e. The van der Waals surface area contributed by atoms with Crippen LogP contribution in [0.3, 0.4) is 0 Å². The van der Waals surface area contributed by atoms with E-state index < -0.39 is 4.92 Å². The van der Waals surface area contributed by atoms with Crippen molar-refractivity contribution in [1.82, 2.24) is 4.90 Å². The quantitative estimate of drug-likeness (QED) is 0.137. The van der Waals surface area contributed by atoms with Gasteiger partial charge in [0, 0.05) is 18.2 Å². The third-order valence-electron chi connectivity index (χ3n) is 6.26. The van der Waals surface area contributed by atoms with Crippen molar-refractivity contribution in [1.29, 1.82) is 0 Å². The number of benzene rings is 1. The maximum Gasteiger partial charge on any atom is 0.410 e. The Morgan fingerprint density at radius 2 is 1.44 bits per heavy atom. The van der Waals surface area contributed by atoms with Crippen LogP contribution in [0, 0.1) is 10.1 Å². The second kappa shape index (κ2) is 16.5. The maximum absolute atomic E-state index is 13.3. The van der Waals surface area contributed by atoms with E-state index in [0.29, 0.717) is 5.56 Å². The highest BCUT2D eigenvalue weighted by Gasteiger charge is 2.30. The molecular weight excluding hydrogens is 404 g/mol. The molecule has 0 saturated carbocycles. The molecule has 0 aliphatic rings. The summed E-state index contributed by atoms with van der Waals surface area (Å²) in [6.07, 6.45) is 12.8. The average Bonchev–Trinajstić information content (AvgIpc) is 2.80. The molecule has 0 radical (unpaired) electrons. The van der Waals surface area contributed by atoms with Crippen molar-refractivity contribution in [2.75, 3.05) is 0 Å². The van der Waals surface area contributed by atoms with Gasteiger partial charge in [0.1, 0.15) is 6.61 Å². The maximum atomic E-state index is 13.3. The fourth-order valence-electron chi connectivity index (χ4n) is 4.31. The van der Waals surface area contributed by atoms with Crippen molar-refractivity contribution in [2.24, 2.45) is 0 Å². The van der Waals surface area contributed by atoms with Gasteiger partial charge >= 0.3 is 6.09 Å². The number of nitrogens with zero attached hydrogens (tertiary/aromatic N) is 2. The minimum Gasteiger partial charge on any atom is -0.444 e. The molecule has 0 heterocycles. The second-order valence-corrected chi connectivity index (χ2v) is 8.67. The molecule has 6 heteroatoms. The topological polar surface area (TPSA) is 72.7 Å². The number of ether oxygens (including phenoxy) is 1. The van der Waals surface area contributed by atoms with Gasteiger partial charge in [0.25, 0.3) is 5.69 Å². The van der Waals surface area contributed by atoms with Crippen LogP contribution >= 0.6 is 0 Å². The Labute approximate surface area is 194 Å². The molecule has 0 bridgehead atoms. The van der Waals surface area contributed by atoms with E-state index in [9.17, 15) is 14.9 Å². The Kier molecular flexibility index (Phi) is 14.4. The second-order valence-electron chi connectivity index (χ2n) is 8.67. The Hall–Kier alpha value is -2.11. The molecule has 0 N–H and O–H groups in total. The first-order valence-electron chi connectivity index (χ1n) is 12.7. The first-order valence-corrected chi connectivity index (χ1v) is 12.7. The highest BCUT2D eigenvalue weighted by molar-refractivity contribution is 5.68. The van der Waals surface area contributed by atoms with Crippen molar-refractivity contribution in [2.45, 2.75) is 123 Å². The SMILES string of the molecule is CCCCCCC(CC)N(C(=O)OCc1ccccc1[N+](=O)[O-])C(CC)CCCCCC. The monoisotopic (exact) mass is 448 g/mol. The van der Waals surface area contributed by atoms with Crippen LogP contribution in [0.25, 0.3) is 0 Å². The van der Waals surface area contributed by atoms with Crippen LogP contribution in [0.15, 0.2) is 24.3 Å². The van der Waals surface area contributed by atoms with Crippen LogP contribution in [-0.4, -0.2) is 28.0 Å². The summed E-state index contributed by atoms with van der Waals surface area (Å²) in [6, 6.07) is 6.75. The molecule has 0 spiro atoms. The Morgan fingerprint density at radius 3 is 1.91 bits per heavy atom. The fourth-order valence-corrected chi connectivity index (χ4v) is 4.31. The van der Waals surface area contributed by atoms with Crippen molar-refractivity contribution >= 4 is 11.8 Å². The number of hydrogen-bond donors (Lipinski definition) is 0. The first kappa shape index (κ1) is 27.9. The van der Waals surface area contributed by atoms with Crippen molar-refractivity contribution in [3.8, 4) is 0 Å². The lowest BCUT2D eigenvalue weighted by molar-refractivity contribution is -0.385. The van der Waals surface area contributed by atoms with Crippen LogP contribution < -0.4 is 0 Å². The van der Waals surface area contributed by atoms with Crippen LogP contribution in [0.5, 0.6) is 0 Å². The smallest absolute Gasteiger partial charge is 0.410 e. The third-order valence-corrected chi connectivity index (χ3v) is 6.26. The number of hydrogen-bond acceptors (Lipinski definition) is 4. The summed E-state index contributed by atoms with van der Waals surface area (Å²) in [6.45, 7) is 8.60. The van der Waals surface area contributed by atoms with Crippen molar-refractivity contribution < 1.29 is 14.5 Å². The Balaban J connectivity index is 2.95. The molecule has 32 heavy (non-hydrogen) atoms. The number of rotatable bonds is 17. The minimum atomic E-state index is -0.425. The van der Waals surface area contributed by atoms with Crippen LogP contribution in [0.2, 0.25) is 0 Å². The number of para-hydroxylation sites is 1. The molecule has 1 rings (SSSR count). The summed E-state index contributed by atoms with van der Waals surface area (Å²) in [5.74, 6) is 0. The van der Waals surface area contributed by atoms with Gasteiger partial charge in [-0.05, 0) is 31.7 Å². The van der Waals surface area contributed by atoms with Crippen LogP contribution in [0.4, 0.5) is 10.5 Å². The molecule has 0 saturated heterocycles. The van der Waals surface area contributed by atoms with E-state index in [4.69, 9.17) is 4.74 Å². The lowest BCUT2D eigenvalue weighted by Crippen LogP contribution is -2.47. The number of carbonyl (C=O) groups is 1. The van der Waals surface area contributed by atoms with E-state index in [1.807, 2.05) is 4.90 Å². The summed E-state index contributed by atoms with van der Waals surface area (Å²) in [4.78, 5) is 26.2. The standard InChI is InChI=1S/C26H44N2O4/c1-5-9-11-13-18-23(7-3)27(24(8-4)19-14-12-10-6-2)26(29)32-21-22-17-15-16-20-25(22)28(30)31/h15-17,20,23-24H,5-14,18-19,21H2,1-4H3. The molecular formula is C26H44N2O4. The summed E-state index contributed by atoms with van der Waals surface area (Å²) in [7, 11) is 0. The predicted octanol–water partition coefficient (Wildman–Crippen LogP) is 8.03. The van der Waals surface area contributed by atoms with Crippen molar-refractivity contribution in [3.63, 3.8) is 0 Å². The Bertz CT molecular complexity index is 645. The van der Waals surface area contributed by atoms with Gasteiger partial charge in [-0.3, -0.25) is 10.1 Å². The van der Waals surface area contributed by atoms with Gasteiger partial charge in [0.2, 0.25) is 0 Å². The number of unbranched alkanes of at least 4 members (excludes halogenated alkanes) is 6. The highest BCUT2D eigenvalue weighted by atomic mass is 16.6. The summed E-state index contributed by atoms with van der Waals surface area (Å²) >= 11 is 0. The van der Waals surface area contributed by atoms with Gasteiger partial charge in [-0.15, -0.1) is 0 Å². The van der Waals surface area contributed by atoms with Gasteiger partial charge in [-0.2, -0.15) is 0 Å². The third kappa shape index (κ3) is 9.58. The zero-order chi connectivity index (χ0) is 23.8. The molecule has 0 fully saturated rings. The fraction of sp³-hybridized carbons (Fsp3) is 0.731. The van der Waals surface area contributed by atoms with E-state index in [1.165, 1.54) is 44.6 Å². The van der Waals surface area contributed by atoms with Crippen molar-refractivity contribution in [3.05, 3.63) is 39.9 Å². The molecule has 182 valence electrons. The number of nitro groups is 1. The van der Waals surface area contributed by atoms with Crippen LogP contribution in [0.1, 0.15) is 110 Å². The molecule has 1 amide bonds. The summed E-state index contributed by atoms with van der Waals surface area (Å²) in [5, 5.41) is 11.3. The summed E-state index contributed by atoms with van der Waals surface area (Å²) < 4.78 is 5.68. The van der Waals surface area contributed by atoms with Gasteiger partial charge in [0.05, 0.1) is 10.5 Å². The molecule has 0 aliphatic heterocycles. The molecule has 1 aromatic carbocycles. The van der Waals surface area contributed by atoms with Gasteiger partial charge in [-0.25, -0.2) is 4.79 Å². The molecule has 6 nitrogen and oxygen atoms in total. The first-order chi connectivity index (χ1) is 15.5. The molecule has 0 aliphatic carbocycles. The van der Waals surface area contributed by atoms with E-state index in [2.05, 4.69) is 27.7 Å². The normalized spacial score (nSPS) is 12.9. The number of amides is 1. The molecule has 1 aromatic rings. The molecule has 2 unspecified atom stereocenters. The minimum absolute atomic E-state index is 0.00920. The van der Waals surface area contributed by atoms with Gasteiger partial charge in [-0.1, -0.05) is 91.2 Å². The Morgan fingerprint density at radius 1 is 0.906 bits per heavy atom.